The highest BCUT2D eigenvalue weighted by Crippen LogP contribution is 2.29. The molecule has 34 heavy (non-hydrogen) atoms. The molecule has 0 aromatic heterocycles. The smallest absolute Gasteiger partial charge is 0.416 e. The van der Waals surface area contributed by atoms with Gasteiger partial charge in [-0.1, -0.05) is 50.6 Å². The fourth-order valence-electron chi connectivity index (χ4n) is 2.43. The minimum atomic E-state index is -4.44. The van der Waals surface area contributed by atoms with Gasteiger partial charge in [-0.05, 0) is 49.1 Å². The highest BCUT2D eigenvalue weighted by molar-refractivity contribution is 5.77. The second-order valence-corrected chi connectivity index (χ2v) is 7.18. The fourth-order valence-corrected chi connectivity index (χ4v) is 2.43. The van der Waals surface area contributed by atoms with E-state index in [1.54, 1.807) is 37.3 Å². The zero-order valence-electron chi connectivity index (χ0n) is 19.8. The number of aliphatic hydroxyl groups is 1. The quantitative estimate of drug-likeness (QED) is 0.482. The lowest BCUT2D eigenvalue weighted by atomic mass is 10.1. The van der Waals surface area contributed by atoms with E-state index < -0.39 is 23.6 Å². The number of aliphatic hydroxyl groups excluding tert-OH is 1. The van der Waals surface area contributed by atoms with Crippen LogP contribution in [0.2, 0.25) is 0 Å². The summed E-state index contributed by atoms with van der Waals surface area (Å²) in [5.74, 6) is -0.899. The molecule has 6 nitrogen and oxygen atoms in total. The molecule has 190 valence electrons. The van der Waals surface area contributed by atoms with E-state index in [1.165, 1.54) is 12.5 Å². The number of nitrogens with one attached hydrogen (secondary N) is 1. The summed E-state index contributed by atoms with van der Waals surface area (Å²) in [5.41, 5.74) is 0.513. The van der Waals surface area contributed by atoms with E-state index in [4.69, 9.17) is 14.9 Å². The number of carboxylic acid groups (broad SMARTS) is 1. The Bertz CT molecular complexity index is 826. The number of aliphatic carboxylic acids is 1. The Morgan fingerprint density at radius 2 is 1.71 bits per heavy atom. The molecule has 0 saturated heterocycles. The average Bonchev–Trinajstić information content (AvgIpc) is 3.02. The standard InChI is InChI=1S/C20H20F3NO4.C3H8.C2H6O/c21-20(22,23)16-4-2-1-3-15(11-16)12-24-18(25)13-28-17-8-5-14(6-9-17)7-10-19(26)27;1-3-2;1-2-3/h1-2,4-6,8-9,11H,3,7,10,12-13H2,(H,24,25)(H,26,27);3H2,1-2H3;3H,2H2,1H3. The molecule has 0 heterocycles. The summed E-state index contributed by atoms with van der Waals surface area (Å²) in [7, 11) is 0. The fraction of sp³-hybridized carbons (Fsp3) is 0.440. The minimum Gasteiger partial charge on any atom is -0.484 e. The van der Waals surface area contributed by atoms with Gasteiger partial charge in [0, 0.05) is 19.6 Å². The van der Waals surface area contributed by atoms with Gasteiger partial charge >= 0.3 is 12.1 Å². The number of aryl methyl sites for hydroxylation is 1. The molecule has 0 fully saturated rings. The van der Waals surface area contributed by atoms with Crippen LogP contribution in [0.5, 0.6) is 5.75 Å². The number of hydrogen-bond acceptors (Lipinski definition) is 4. The Kier molecular flexibility index (Phi) is 15.8. The zero-order valence-corrected chi connectivity index (χ0v) is 19.8. The maximum Gasteiger partial charge on any atom is 0.416 e. The van der Waals surface area contributed by atoms with Crippen molar-refractivity contribution >= 4 is 11.9 Å². The SMILES string of the molecule is CCC.CCO.O=C(O)CCc1ccc(OCC(=O)NCC2=CC(C(F)(F)F)=CC=CC2)cc1. The third kappa shape index (κ3) is 14.9. The van der Waals surface area contributed by atoms with Crippen molar-refractivity contribution in [3.63, 3.8) is 0 Å². The topological polar surface area (TPSA) is 95.9 Å². The highest BCUT2D eigenvalue weighted by atomic mass is 19.4. The number of rotatable bonds is 8. The molecule has 0 spiro atoms. The molecule has 1 aromatic carbocycles. The predicted octanol–water partition coefficient (Wildman–Crippen LogP) is 4.99. The van der Waals surface area contributed by atoms with Crippen molar-refractivity contribution in [2.24, 2.45) is 0 Å². The van der Waals surface area contributed by atoms with Gasteiger partial charge in [-0.2, -0.15) is 13.2 Å². The molecule has 2 rings (SSSR count). The molecule has 0 bridgehead atoms. The van der Waals surface area contributed by atoms with Crippen molar-refractivity contribution in [2.75, 3.05) is 19.8 Å². The Hall–Kier alpha value is -3.07. The lowest BCUT2D eigenvalue weighted by Gasteiger charge is -2.11. The molecule has 0 aliphatic heterocycles. The number of halogens is 3. The lowest BCUT2D eigenvalue weighted by Crippen LogP contribution is -2.30. The van der Waals surface area contributed by atoms with Crippen molar-refractivity contribution in [3.8, 4) is 5.75 Å². The van der Waals surface area contributed by atoms with E-state index in [1.807, 2.05) is 0 Å². The largest absolute Gasteiger partial charge is 0.484 e. The van der Waals surface area contributed by atoms with Crippen molar-refractivity contribution in [2.45, 2.75) is 52.6 Å². The van der Waals surface area contributed by atoms with Crippen LogP contribution in [0.25, 0.3) is 0 Å². The Balaban J connectivity index is 0.00000164. The van der Waals surface area contributed by atoms with Crippen LogP contribution in [0.15, 0.2) is 59.7 Å². The molecular weight excluding hydrogens is 451 g/mol. The molecule has 3 N–H and O–H groups in total. The van der Waals surface area contributed by atoms with E-state index in [0.717, 1.165) is 17.7 Å². The van der Waals surface area contributed by atoms with Crippen LogP contribution in [-0.2, 0) is 16.0 Å². The molecule has 1 aliphatic carbocycles. The summed E-state index contributed by atoms with van der Waals surface area (Å²) in [5, 5.41) is 18.8. The zero-order chi connectivity index (χ0) is 26.0. The van der Waals surface area contributed by atoms with Gasteiger partial charge < -0.3 is 20.3 Å². The average molecular weight is 486 g/mol. The maximum atomic E-state index is 12.8. The lowest BCUT2D eigenvalue weighted by molar-refractivity contribution is -0.137. The number of ether oxygens (including phenoxy) is 1. The number of carbonyl (C=O) groups excluding carboxylic acids is 1. The number of amides is 1. The van der Waals surface area contributed by atoms with Crippen LogP contribution in [0.3, 0.4) is 0 Å². The van der Waals surface area contributed by atoms with Crippen molar-refractivity contribution in [1.29, 1.82) is 0 Å². The molecule has 1 aromatic rings. The molecule has 0 saturated carbocycles. The second-order valence-electron chi connectivity index (χ2n) is 7.18. The molecular formula is C25H34F3NO5. The molecule has 1 amide bonds. The summed E-state index contributed by atoms with van der Waals surface area (Å²) in [4.78, 5) is 22.4. The summed E-state index contributed by atoms with van der Waals surface area (Å²) in [6.45, 7) is 5.90. The number of carbonyl (C=O) groups is 2. The number of benzene rings is 1. The summed E-state index contributed by atoms with van der Waals surface area (Å²) in [6, 6.07) is 6.68. The Morgan fingerprint density at radius 1 is 1.12 bits per heavy atom. The number of carboxylic acids is 1. The van der Waals surface area contributed by atoms with Gasteiger partial charge in [0.1, 0.15) is 5.75 Å². The molecule has 0 unspecified atom stereocenters. The van der Waals surface area contributed by atoms with Crippen molar-refractivity contribution in [1.82, 2.24) is 5.32 Å². The monoisotopic (exact) mass is 485 g/mol. The number of hydrogen-bond donors (Lipinski definition) is 3. The second kappa shape index (κ2) is 17.4. The molecule has 0 atom stereocenters. The first kappa shape index (κ1) is 30.9. The Labute approximate surface area is 198 Å². The molecule has 1 aliphatic rings. The van der Waals surface area contributed by atoms with Crippen LogP contribution in [0.1, 0.15) is 45.6 Å². The van der Waals surface area contributed by atoms with E-state index in [-0.39, 0.29) is 26.2 Å². The van der Waals surface area contributed by atoms with Gasteiger partial charge in [-0.3, -0.25) is 9.59 Å². The first-order valence-electron chi connectivity index (χ1n) is 11.0. The number of allylic oxidation sites excluding steroid dienone is 5. The van der Waals surface area contributed by atoms with Gasteiger partial charge in [0.15, 0.2) is 6.61 Å². The van der Waals surface area contributed by atoms with Crippen LogP contribution >= 0.6 is 0 Å². The molecule has 0 radical (unpaired) electrons. The van der Waals surface area contributed by atoms with E-state index in [2.05, 4.69) is 19.2 Å². The summed E-state index contributed by atoms with van der Waals surface area (Å²) < 4.78 is 43.8. The normalized spacial score (nSPS) is 12.6. The van der Waals surface area contributed by atoms with Crippen LogP contribution in [0, 0.1) is 0 Å². The van der Waals surface area contributed by atoms with E-state index >= 15 is 0 Å². The first-order valence-corrected chi connectivity index (χ1v) is 11.0. The van der Waals surface area contributed by atoms with Gasteiger partial charge in [0.25, 0.3) is 5.91 Å². The van der Waals surface area contributed by atoms with E-state index in [0.29, 0.717) is 24.2 Å². The Morgan fingerprint density at radius 3 is 2.24 bits per heavy atom. The van der Waals surface area contributed by atoms with Gasteiger partial charge in [0.05, 0.1) is 5.57 Å². The van der Waals surface area contributed by atoms with Gasteiger partial charge in [-0.25, -0.2) is 0 Å². The van der Waals surface area contributed by atoms with Gasteiger partial charge in [0.2, 0.25) is 0 Å². The summed E-state index contributed by atoms with van der Waals surface area (Å²) >= 11 is 0. The highest BCUT2D eigenvalue weighted by Gasteiger charge is 2.32. The predicted molar refractivity (Wildman–Crippen MR) is 126 cm³/mol. The third-order valence-corrected chi connectivity index (χ3v) is 3.91. The van der Waals surface area contributed by atoms with E-state index in [9.17, 15) is 22.8 Å². The van der Waals surface area contributed by atoms with Crippen molar-refractivity contribution in [3.05, 3.63) is 65.3 Å². The third-order valence-electron chi connectivity index (χ3n) is 3.91. The minimum absolute atomic E-state index is 0.00587. The summed E-state index contributed by atoms with van der Waals surface area (Å²) in [6.07, 6.45) is 2.52. The van der Waals surface area contributed by atoms with Crippen LogP contribution in [-0.4, -0.2) is 48.0 Å². The van der Waals surface area contributed by atoms with Crippen LogP contribution in [0.4, 0.5) is 13.2 Å². The van der Waals surface area contributed by atoms with Crippen LogP contribution < -0.4 is 10.1 Å². The maximum absolute atomic E-state index is 12.8. The molecule has 9 heteroatoms. The first-order chi connectivity index (χ1) is 16.1. The van der Waals surface area contributed by atoms with Gasteiger partial charge in [-0.15, -0.1) is 0 Å². The van der Waals surface area contributed by atoms with Crippen molar-refractivity contribution < 1.29 is 37.7 Å². The number of alkyl halides is 3.